The average molecular weight is 247 g/mol. The fourth-order valence-electron chi connectivity index (χ4n) is 3.20. The first-order valence-corrected chi connectivity index (χ1v) is 7.31. The fourth-order valence-corrected chi connectivity index (χ4v) is 3.20. The molecule has 0 spiro atoms. The van der Waals surface area contributed by atoms with E-state index in [1.165, 1.54) is 24.2 Å². The van der Waals surface area contributed by atoms with Gasteiger partial charge in [0, 0.05) is 12.2 Å². The zero-order valence-electron chi connectivity index (χ0n) is 12.8. The molecule has 0 bridgehead atoms. The molecule has 102 valence electrons. The van der Waals surface area contributed by atoms with Gasteiger partial charge in [-0.3, -0.25) is 0 Å². The van der Waals surface area contributed by atoms with Gasteiger partial charge in [0.15, 0.2) is 0 Å². The van der Waals surface area contributed by atoms with Crippen LogP contribution in [0.1, 0.15) is 47.5 Å². The summed E-state index contributed by atoms with van der Waals surface area (Å²) in [6.45, 7) is 21.3. The number of rotatable bonds is 4. The molecule has 1 saturated carbocycles. The summed E-state index contributed by atoms with van der Waals surface area (Å²) in [6.07, 6.45) is 2.53. The zero-order valence-corrected chi connectivity index (χ0v) is 12.8. The molecule has 0 aromatic heterocycles. The Labute approximate surface area is 113 Å². The maximum absolute atomic E-state index is 4.36. The quantitative estimate of drug-likeness (QED) is 0.663. The Bertz CT molecular complexity index is 360. The summed E-state index contributed by atoms with van der Waals surface area (Å²) < 4.78 is 0. The summed E-state index contributed by atoms with van der Waals surface area (Å²) >= 11 is 0. The zero-order chi connectivity index (χ0) is 13.7. The topological polar surface area (TPSA) is 3.24 Å². The Morgan fingerprint density at radius 3 is 2.44 bits per heavy atom. The molecule has 1 heterocycles. The lowest BCUT2D eigenvalue weighted by molar-refractivity contribution is 0.224. The Morgan fingerprint density at radius 2 is 1.94 bits per heavy atom. The molecule has 0 radical (unpaired) electrons. The summed E-state index contributed by atoms with van der Waals surface area (Å²) in [5.74, 6) is 2.48. The predicted octanol–water partition coefficient (Wildman–Crippen LogP) is 4.47. The van der Waals surface area contributed by atoms with Crippen LogP contribution in [0.4, 0.5) is 0 Å². The molecule has 0 aromatic rings. The minimum Gasteiger partial charge on any atom is -0.368 e. The highest BCUT2D eigenvalue weighted by Crippen LogP contribution is 2.53. The molecule has 4 atom stereocenters. The molecule has 18 heavy (non-hydrogen) atoms. The van der Waals surface area contributed by atoms with Gasteiger partial charge < -0.3 is 4.90 Å². The first kappa shape index (κ1) is 13.7. The van der Waals surface area contributed by atoms with Crippen LogP contribution in [0.2, 0.25) is 0 Å². The van der Waals surface area contributed by atoms with Crippen LogP contribution in [0.25, 0.3) is 0 Å². The Hall–Kier alpha value is -0.720. The van der Waals surface area contributed by atoms with Crippen molar-refractivity contribution < 1.29 is 0 Å². The highest BCUT2D eigenvalue weighted by Gasteiger charge is 2.52. The van der Waals surface area contributed by atoms with E-state index in [1.54, 1.807) is 0 Å². The summed E-state index contributed by atoms with van der Waals surface area (Å²) in [6, 6.07) is 0.578. The summed E-state index contributed by atoms with van der Waals surface area (Å²) in [5, 5.41) is 0. The van der Waals surface area contributed by atoms with Gasteiger partial charge >= 0.3 is 0 Å². The van der Waals surface area contributed by atoms with Crippen LogP contribution in [0.15, 0.2) is 24.4 Å². The minimum absolute atomic E-state index is 0.365. The molecule has 0 N–H and O–H groups in total. The van der Waals surface area contributed by atoms with Crippen LogP contribution in [0.5, 0.6) is 0 Å². The first-order valence-electron chi connectivity index (χ1n) is 7.31. The van der Waals surface area contributed by atoms with E-state index < -0.39 is 0 Å². The van der Waals surface area contributed by atoms with Crippen molar-refractivity contribution >= 4 is 0 Å². The van der Waals surface area contributed by atoms with E-state index in [0.717, 1.165) is 18.3 Å². The number of nitrogens with zero attached hydrogens (tertiary/aromatic N) is 1. The van der Waals surface area contributed by atoms with Crippen molar-refractivity contribution in [2.24, 2.45) is 23.2 Å². The summed E-state index contributed by atoms with van der Waals surface area (Å²) in [5.41, 5.74) is 3.02. The van der Waals surface area contributed by atoms with Crippen molar-refractivity contribution in [2.45, 2.75) is 53.5 Å². The molecule has 1 aliphatic heterocycles. The van der Waals surface area contributed by atoms with E-state index in [2.05, 4.69) is 52.7 Å². The second-order valence-corrected chi connectivity index (χ2v) is 7.64. The second-order valence-electron chi connectivity index (χ2n) is 7.64. The Balaban J connectivity index is 1.99. The third-order valence-corrected chi connectivity index (χ3v) is 5.08. The van der Waals surface area contributed by atoms with E-state index in [9.17, 15) is 0 Å². The van der Waals surface area contributed by atoms with Gasteiger partial charge in [-0.15, -0.1) is 0 Å². The molecular weight excluding hydrogens is 218 g/mol. The molecule has 2 fully saturated rings. The highest BCUT2D eigenvalue weighted by atomic mass is 15.2. The summed E-state index contributed by atoms with van der Waals surface area (Å²) in [4.78, 5) is 2.55. The van der Waals surface area contributed by atoms with Gasteiger partial charge in [-0.2, -0.15) is 0 Å². The molecule has 0 aromatic carbocycles. The molecule has 1 aliphatic carbocycles. The maximum atomic E-state index is 4.36. The number of hydrogen-bond donors (Lipinski definition) is 0. The molecular formula is C17H29N. The number of likely N-dealkylation sites (tertiary alicyclic amines) is 1. The van der Waals surface area contributed by atoms with E-state index in [0.29, 0.717) is 17.4 Å². The van der Waals surface area contributed by atoms with E-state index in [1.807, 2.05) is 0 Å². The van der Waals surface area contributed by atoms with E-state index in [4.69, 9.17) is 0 Å². The molecule has 1 heteroatoms. The third kappa shape index (κ3) is 2.50. The van der Waals surface area contributed by atoms with Crippen LogP contribution in [-0.4, -0.2) is 17.5 Å². The van der Waals surface area contributed by atoms with E-state index >= 15 is 0 Å². The van der Waals surface area contributed by atoms with Gasteiger partial charge in [0.25, 0.3) is 0 Å². The molecule has 1 saturated heterocycles. The van der Waals surface area contributed by atoms with Crippen molar-refractivity contribution in [1.82, 2.24) is 4.90 Å². The van der Waals surface area contributed by atoms with Gasteiger partial charge in [-0.1, -0.05) is 46.4 Å². The Kier molecular flexibility index (Phi) is 3.38. The van der Waals surface area contributed by atoms with Gasteiger partial charge in [0.1, 0.15) is 0 Å². The molecule has 0 amide bonds. The van der Waals surface area contributed by atoms with Gasteiger partial charge in [0.2, 0.25) is 0 Å². The van der Waals surface area contributed by atoms with Crippen LogP contribution in [-0.2, 0) is 0 Å². The molecule has 2 aliphatic rings. The van der Waals surface area contributed by atoms with Crippen molar-refractivity contribution in [3.8, 4) is 0 Å². The second kappa shape index (κ2) is 4.43. The lowest BCUT2D eigenvalue weighted by Crippen LogP contribution is -2.34. The number of hydrogen-bond acceptors (Lipinski definition) is 1. The van der Waals surface area contributed by atoms with Crippen molar-refractivity contribution in [3.63, 3.8) is 0 Å². The van der Waals surface area contributed by atoms with Gasteiger partial charge in [0.05, 0.1) is 6.04 Å². The van der Waals surface area contributed by atoms with Gasteiger partial charge in [-0.05, 0) is 42.9 Å². The lowest BCUT2D eigenvalue weighted by Gasteiger charge is -2.35. The van der Waals surface area contributed by atoms with E-state index in [-0.39, 0.29) is 0 Å². The number of allylic oxidation sites excluding steroid dienone is 1. The SMILES string of the molecule is C=C(C)C1[C@H]2C[C@H]2CN1C(=C)CC(C)C(C)(C)C. The van der Waals surface area contributed by atoms with Crippen molar-refractivity contribution in [3.05, 3.63) is 24.4 Å². The van der Waals surface area contributed by atoms with Crippen LogP contribution in [0.3, 0.4) is 0 Å². The van der Waals surface area contributed by atoms with Crippen LogP contribution < -0.4 is 0 Å². The normalized spacial score (nSPS) is 32.1. The Morgan fingerprint density at radius 1 is 1.33 bits per heavy atom. The molecule has 2 unspecified atom stereocenters. The number of fused-ring (bicyclic) bond motifs is 1. The van der Waals surface area contributed by atoms with Crippen molar-refractivity contribution in [1.29, 1.82) is 0 Å². The smallest absolute Gasteiger partial charge is 0.0525 e. The fraction of sp³-hybridized carbons (Fsp3) is 0.765. The largest absolute Gasteiger partial charge is 0.368 e. The lowest BCUT2D eigenvalue weighted by atomic mass is 9.79. The monoisotopic (exact) mass is 247 g/mol. The van der Waals surface area contributed by atoms with Gasteiger partial charge in [-0.25, -0.2) is 0 Å². The summed E-state index contributed by atoms with van der Waals surface area (Å²) in [7, 11) is 0. The molecule has 2 rings (SSSR count). The molecule has 1 nitrogen and oxygen atoms in total. The standard InChI is InChI=1S/C17H29N/c1-11(2)16-15-9-14(15)10-18(16)13(4)8-12(3)17(5,6)7/h12,14-16H,1,4,8-10H2,2-3,5-7H3/t12?,14-,15-,16?/m0/s1. The average Bonchev–Trinajstić information content (AvgIpc) is 2.86. The maximum Gasteiger partial charge on any atom is 0.0525 e. The van der Waals surface area contributed by atoms with Crippen LogP contribution >= 0.6 is 0 Å². The minimum atomic E-state index is 0.365. The predicted molar refractivity (Wildman–Crippen MR) is 79.3 cm³/mol. The highest BCUT2D eigenvalue weighted by molar-refractivity contribution is 5.21. The van der Waals surface area contributed by atoms with Crippen LogP contribution in [0, 0.1) is 23.2 Å². The third-order valence-electron chi connectivity index (χ3n) is 5.08. The first-order chi connectivity index (χ1) is 8.21. The number of piperidine rings is 1. The van der Waals surface area contributed by atoms with Crippen molar-refractivity contribution in [2.75, 3.05) is 6.54 Å².